The van der Waals surface area contributed by atoms with Crippen LogP contribution < -0.4 is 0 Å². The maximum Gasteiger partial charge on any atom is 0.234 e. The fourth-order valence-electron chi connectivity index (χ4n) is 5.06. The van der Waals surface area contributed by atoms with E-state index in [0.717, 1.165) is 5.56 Å². The number of benzene rings is 1. The van der Waals surface area contributed by atoms with E-state index < -0.39 is 0 Å². The Morgan fingerprint density at radius 3 is 2.05 bits per heavy atom. The quantitative estimate of drug-likeness (QED) is 0.616. The van der Waals surface area contributed by atoms with Gasteiger partial charge in [0.15, 0.2) is 0 Å². The lowest BCUT2D eigenvalue weighted by molar-refractivity contribution is -0.141. The van der Waals surface area contributed by atoms with E-state index in [4.69, 9.17) is 0 Å². The van der Waals surface area contributed by atoms with Gasteiger partial charge in [0.2, 0.25) is 11.8 Å². The van der Waals surface area contributed by atoms with E-state index in [1.165, 1.54) is 17.7 Å². The fraction of sp³-hybridized carbons (Fsp3) is 0.444. The number of allylic oxidation sites excluding steroid dienone is 2. The van der Waals surface area contributed by atoms with Crippen LogP contribution in [0.3, 0.4) is 0 Å². The zero-order valence-electron chi connectivity index (χ0n) is 11.7. The molecule has 2 saturated carbocycles. The Bertz CT molecular complexity index is 640. The first-order chi connectivity index (χ1) is 10.2. The molecule has 2 bridgehead atoms. The van der Waals surface area contributed by atoms with Crippen molar-refractivity contribution >= 4 is 11.8 Å². The molecular weight excluding hydrogens is 262 g/mol. The lowest BCUT2D eigenvalue weighted by Crippen LogP contribution is -2.34. The molecule has 4 atom stereocenters. The summed E-state index contributed by atoms with van der Waals surface area (Å²) in [6.07, 6.45) is 6.83. The van der Waals surface area contributed by atoms with Gasteiger partial charge in [-0.25, -0.2) is 0 Å². The molecule has 3 nitrogen and oxygen atoms in total. The predicted octanol–water partition coefficient (Wildman–Crippen LogP) is 2.38. The molecule has 1 saturated heterocycles. The van der Waals surface area contributed by atoms with Crippen LogP contribution in [0.25, 0.3) is 0 Å². The van der Waals surface area contributed by atoms with Crippen LogP contribution in [0, 0.1) is 29.1 Å². The Hall–Kier alpha value is -1.90. The number of hydrogen-bond donors (Lipinski definition) is 0. The highest BCUT2D eigenvalue weighted by molar-refractivity contribution is 6.06. The van der Waals surface area contributed by atoms with Crippen LogP contribution in [0.15, 0.2) is 42.5 Å². The summed E-state index contributed by atoms with van der Waals surface area (Å²) in [5.74, 6) is 0.640. The molecule has 1 heterocycles. The van der Waals surface area contributed by atoms with Gasteiger partial charge in [-0.15, -0.1) is 0 Å². The lowest BCUT2D eigenvalue weighted by Gasteiger charge is -2.21. The van der Waals surface area contributed by atoms with Gasteiger partial charge in [-0.2, -0.15) is 0 Å². The first kappa shape index (κ1) is 11.7. The third-order valence-corrected chi connectivity index (χ3v) is 6.13. The summed E-state index contributed by atoms with van der Waals surface area (Å²) in [4.78, 5) is 27.1. The first-order valence-corrected chi connectivity index (χ1v) is 7.80. The third-order valence-electron chi connectivity index (χ3n) is 6.13. The van der Waals surface area contributed by atoms with Crippen molar-refractivity contribution in [3.8, 4) is 0 Å². The standard InChI is InChI=1S/C18H17NO2/c20-16-14-12-6-7-13(18(12)8-9-18)15(14)17(21)19(16)10-11-4-2-1-3-5-11/h1-7,12-15H,8-10H2/t12-,13-,14+,15+/m1/s1. The number of likely N-dealkylation sites (tertiary alicyclic amines) is 1. The molecule has 1 aliphatic heterocycles. The number of carbonyl (C=O) groups excluding carboxylic acids is 2. The van der Waals surface area contributed by atoms with Crippen LogP contribution in [0.4, 0.5) is 0 Å². The van der Waals surface area contributed by atoms with Crippen molar-refractivity contribution in [1.29, 1.82) is 0 Å². The van der Waals surface area contributed by atoms with E-state index in [9.17, 15) is 9.59 Å². The average molecular weight is 279 g/mol. The zero-order valence-corrected chi connectivity index (χ0v) is 11.7. The number of carbonyl (C=O) groups is 2. The highest BCUT2D eigenvalue weighted by Gasteiger charge is 2.73. The summed E-state index contributed by atoms with van der Waals surface area (Å²) in [7, 11) is 0. The SMILES string of the molecule is O=C1[C@@H]2[C@@H](C(=O)N1Cc1ccccc1)[C@H]1C=C[C@H]2C12CC2. The molecule has 0 unspecified atom stereocenters. The molecule has 1 spiro atoms. The van der Waals surface area contributed by atoms with Crippen LogP contribution in [0.5, 0.6) is 0 Å². The molecule has 3 heteroatoms. The van der Waals surface area contributed by atoms with Crippen molar-refractivity contribution in [1.82, 2.24) is 4.90 Å². The van der Waals surface area contributed by atoms with Crippen molar-refractivity contribution in [2.45, 2.75) is 19.4 Å². The van der Waals surface area contributed by atoms with Crippen molar-refractivity contribution in [3.63, 3.8) is 0 Å². The van der Waals surface area contributed by atoms with Crippen LogP contribution in [-0.4, -0.2) is 16.7 Å². The molecule has 1 aromatic carbocycles. The largest absolute Gasteiger partial charge is 0.278 e. The number of fused-ring (bicyclic) bond motifs is 3. The zero-order chi connectivity index (χ0) is 14.2. The van der Waals surface area contributed by atoms with Crippen molar-refractivity contribution in [3.05, 3.63) is 48.0 Å². The van der Waals surface area contributed by atoms with E-state index >= 15 is 0 Å². The van der Waals surface area contributed by atoms with E-state index in [1.54, 1.807) is 0 Å². The molecule has 4 aliphatic rings. The molecule has 0 N–H and O–H groups in total. The normalized spacial score (nSPS) is 37.6. The Morgan fingerprint density at radius 2 is 1.52 bits per heavy atom. The monoisotopic (exact) mass is 279 g/mol. The second-order valence-corrected chi connectivity index (χ2v) is 6.97. The van der Waals surface area contributed by atoms with Gasteiger partial charge in [-0.1, -0.05) is 42.5 Å². The number of rotatable bonds is 2. The molecule has 2 amide bonds. The summed E-state index contributed by atoms with van der Waals surface area (Å²) in [5, 5.41) is 0. The molecule has 0 radical (unpaired) electrons. The molecule has 0 aromatic heterocycles. The topological polar surface area (TPSA) is 37.4 Å². The van der Waals surface area contributed by atoms with Gasteiger partial charge in [-0.05, 0) is 35.7 Å². The second kappa shape index (κ2) is 3.65. The van der Waals surface area contributed by atoms with Gasteiger partial charge in [0.25, 0.3) is 0 Å². The van der Waals surface area contributed by atoms with Crippen LogP contribution in [-0.2, 0) is 16.1 Å². The molecule has 3 fully saturated rings. The minimum atomic E-state index is -0.0706. The maximum atomic E-state index is 12.8. The van der Waals surface area contributed by atoms with E-state index in [2.05, 4.69) is 12.2 Å². The molecular formula is C18H17NO2. The molecule has 3 aliphatic carbocycles. The van der Waals surface area contributed by atoms with Gasteiger partial charge < -0.3 is 0 Å². The molecule has 1 aromatic rings. The molecule has 5 rings (SSSR count). The summed E-state index contributed by atoms with van der Waals surface area (Å²) in [5.41, 5.74) is 1.32. The lowest BCUT2D eigenvalue weighted by atomic mass is 9.85. The average Bonchev–Trinajstić information content (AvgIpc) is 3.11. The minimum Gasteiger partial charge on any atom is -0.278 e. The smallest absolute Gasteiger partial charge is 0.234 e. The van der Waals surface area contributed by atoms with Crippen LogP contribution in [0.2, 0.25) is 0 Å². The number of nitrogens with zero attached hydrogens (tertiary/aromatic N) is 1. The van der Waals surface area contributed by atoms with E-state index in [0.29, 0.717) is 23.8 Å². The summed E-state index contributed by atoms with van der Waals surface area (Å²) in [6.45, 7) is 0.429. The second-order valence-electron chi connectivity index (χ2n) is 6.97. The Labute approximate surface area is 123 Å². The number of amides is 2. The fourth-order valence-corrected chi connectivity index (χ4v) is 5.06. The van der Waals surface area contributed by atoms with E-state index in [1.807, 2.05) is 30.3 Å². The minimum absolute atomic E-state index is 0.0666. The maximum absolute atomic E-state index is 12.8. The Kier molecular flexibility index (Phi) is 2.04. The highest BCUT2D eigenvalue weighted by atomic mass is 16.2. The van der Waals surface area contributed by atoms with Gasteiger partial charge in [0, 0.05) is 0 Å². The van der Waals surface area contributed by atoms with Gasteiger partial charge in [0.05, 0.1) is 18.4 Å². The summed E-state index contributed by atoms with van der Waals surface area (Å²) < 4.78 is 0. The number of imide groups is 1. The highest BCUT2D eigenvalue weighted by Crippen LogP contribution is 2.73. The van der Waals surface area contributed by atoms with Crippen molar-refractivity contribution < 1.29 is 9.59 Å². The van der Waals surface area contributed by atoms with Crippen LogP contribution in [0.1, 0.15) is 18.4 Å². The summed E-state index contributed by atoms with van der Waals surface area (Å²) >= 11 is 0. The van der Waals surface area contributed by atoms with E-state index in [-0.39, 0.29) is 23.7 Å². The first-order valence-electron chi connectivity index (χ1n) is 7.80. The molecule has 106 valence electrons. The Morgan fingerprint density at radius 1 is 0.952 bits per heavy atom. The third kappa shape index (κ3) is 1.30. The van der Waals surface area contributed by atoms with Gasteiger partial charge in [0.1, 0.15) is 0 Å². The van der Waals surface area contributed by atoms with Crippen molar-refractivity contribution in [2.24, 2.45) is 29.1 Å². The molecule has 21 heavy (non-hydrogen) atoms. The Balaban J connectivity index is 1.48. The predicted molar refractivity (Wildman–Crippen MR) is 76.8 cm³/mol. The van der Waals surface area contributed by atoms with Gasteiger partial charge in [-0.3, -0.25) is 14.5 Å². The van der Waals surface area contributed by atoms with Gasteiger partial charge >= 0.3 is 0 Å². The van der Waals surface area contributed by atoms with Crippen LogP contribution >= 0.6 is 0 Å². The van der Waals surface area contributed by atoms with Crippen molar-refractivity contribution in [2.75, 3.05) is 0 Å². The number of hydrogen-bond acceptors (Lipinski definition) is 2. The summed E-state index contributed by atoms with van der Waals surface area (Å²) in [6, 6.07) is 9.80.